The molecule has 1 aromatic carbocycles. The van der Waals surface area contributed by atoms with Gasteiger partial charge in [0.1, 0.15) is 5.75 Å². The van der Waals surface area contributed by atoms with Crippen LogP contribution in [0.3, 0.4) is 0 Å². The summed E-state index contributed by atoms with van der Waals surface area (Å²) < 4.78 is 11.3. The number of rotatable bonds is 2. The van der Waals surface area contributed by atoms with Crippen LogP contribution in [0.15, 0.2) is 18.2 Å². The van der Waals surface area contributed by atoms with Gasteiger partial charge in [-0.2, -0.15) is 0 Å². The number of aliphatic hydroxyl groups is 1. The van der Waals surface area contributed by atoms with Gasteiger partial charge in [0.15, 0.2) is 0 Å². The van der Waals surface area contributed by atoms with E-state index in [0.29, 0.717) is 25.4 Å². The lowest BCUT2D eigenvalue weighted by Gasteiger charge is -2.39. The highest BCUT2D eigenvalue weighted by Crippen LogP contribution is 2.39. The summed E-state index contributed by atoms with van der Waals surface area (Å²) in [6.45, 7) is 5.68. The summed E-state index contributed by atoms with van der Waals surface area (Å²) in [6.07, 6.45) is 2.45. The Balaban J connectivity index is 1.87. The normalized spacial score (nSPS) is 30.2. The van der Waals surface area contributed by atoms with Crippen molar-refractivity contribution in [2.24, 2.45) is 5.92 Å². The molecule has 3 heteroatoms. The van der Waals surface area contributed by atoms with Crippen molar-refractivity contribution in [3.63, 3.8) is 0 Å². The molecule has 2 aliphatic rings. The summed E-state index contributed by atoms with van der Waals surface area (Å²) in [5, 5.41) is 11.0. The van der Waals surface area contributed by atoms with Crippen LogP contribution >= 0.6 is 0 Å². The lowest BCUT2D eigenvalue weighted by Crippen LogP contribution is -2.40. The Hall–Kier alpha value is -1.06. The molecule has 2 heterocycles. The molecule has 0 saturated carbocycles. The Morgan fingerprint density at radius 1 is 1.32 bits per heavy atom. The highest BCUT2D eigenvalue weighted by Gasteiger charge is 2.38. The van der Waals surface area contributed by atoms with Crippen molar-refractivity contribution < 1.29 is 14.6 Å². The zero-order valence-corrected chi connectivity index (χ0v) is 11.7. The summed E-state index contributed by atoms with van der Waals surface area (Å²) >= 11 is 0. The largest absolute Gasteiger partial charge is 0.493 e. The first kappa shape index (κ1) is 12.9. The molecule has 0 aromatic heterocycles. The molecule has 1 saturated heterocycles. The minimum atomic E-state index is -0.745. The second kappa shape index (κ2) is 4.80. The van der Waals surface area contributed by atoms with Gasteiger partial charge in [-0.3, -0.25) is 0 Å². The summed E-state index contributed by atoms with van der Waals surface area (Å²) in [4.78, 5) is 0. The van der Waals surface area contributed by atoms with Crippen LogP contribution in [0.4, 0.5) is 0 Å². The van der Waals surface area contributed by atoms with Crippen molar-refractivity contribution in [2.75, 3.05) is 13.2 Å². The van der Waals surface area contributed by atoms with Crippen LogP contribution in [0, 0.1) is 5.92 Å². The molecule has 2 unspecified atom stereocenters. The van der Waals surface area contributed by atoms with E-state index < -0.39 is 5.60 Å². The van der Waals surface area contributed by atoms with Crippen molar-refractivity contribution in [3.8, 4) is 5.75 Å². The Morgan fingerprint density at radius 2 is 2.16 bits per heavy atom. The third-order valence-corrected chi connectivity index (χ3v) is 4.36. The number of ether oxygens (including phenoxy) is 2. The van der Waals surface area contributed by atoms with E-state index in [2.05, 4.69) is 19.9 Å². The Labute approximate surface area is 114 Å². The van der Waals surface area contributed by atoms with Crippen LogP contribution in [-0.4, -0.2) is 24.4 Å². The van der Waals surface area contributed by atoms with Crippen LogP contribution < -0.4 is 4.74 Å². The fraction of sp³-hybridized carbons (Fsp3) is 0.625. The van der Waals surface area contributed by atoms with Crippen LogP contribution in [0.1, 0.15) is 37.8 Å². The van der Waals surface area contributed by atoms with E-state index in [1.54, 1.807) is 0 Å². The SMILES string of the molecule is CC(C)C1CC(O)(c2ccc3c(c2)CCO3)CCO1. The molecule has 1 fully saturated rings. The van der Waals surface area contributed by atoms with Crippen molar-refractivity contribution >= 4 is 0 Å². The van der Waals surface area contributed by atoms with E-state index in [4.69, 9.17) is 9.47 Å². The molecular weight excluding hydrogens is 240 g/mol. The van der Waals surface area contributed by atoms with Crippen molar-refractivity contribution in [1.82, 2.24) is 0 Å². The first-order valence-corrected chi connectivity index (χ1v) is 7.19. The zero-order valence-electron chi connectivity index (χ0n) is 11.7. The number of benzene rings is 1. The van der Waals surface area contributed by atoms with Crippen LogP contribution in [0.2, 0.25) is 0 Å². The van der Waals surface area contributed by atoms with Crippen molar-refractivity contribution in [3.05, 3.63) is 29.3 Å². The molecule has 0 aliphatic carbocycles. The lowest BCUT2D eigenvalue weighted by atomic mass is 9.80. The summed E-state index contributed by atoms with van der Waals surface area (Å²) in [7, 11) is 0. The maximum Gasteiger partial charge on any atom is 0.122 e. The molecule has 2 atom stereocenters. The average molecular weight is 262 g/mol. The Morgan fingerprint density at radius 3 is 2.95 bits per heavy atom. The van der Waals surface area contributed by atoms with Crippen LogP contribution in [0.25, 0.3) is 0 Å². The number of fused-ring (bicyclic) bond motifs is 1. The number of hydrogen-bond acceptors (Lipinski definition) is 3. The molecule has 19 heavy (non-hydrogen) atoms. The minimum absolute atomic E-state index is 0.142. The maximum atomic E-state index is 11.0. The van der Waals surface area contributed by atoms with E-state index in [-0.39, 0.29) is 6.10 Å². The molecule has 104 valence electrons. The van der Waals surface area contributed by atoms with Crippen LogP contribution in [0.5, 0.6) is 5.75 Å². The summed E-state index contributed by atoms with van der Waals surface area (Å²) in [5.74, 6) is 1.41. The first-order chi connectivity index (χ1) is 9.08. The molecule has 0 bridgehead atoms. The van der Waals surface area contributed by atoms with Gasteiger partial charge in [0, 0.05) is 19.3 Å². The predicted octanol–water partition coefficient (Wildman–Crippen LogP) is 2.64. The molecule has 0 radical (unpaired) electrons. The minimum Gasteiger partial charge on any atom is -0.493 e. The number of hydrogen-bond donors (Lipinski definition) is 1. The van der Waals surface area contributed by atoms with Gasteiger partial charge in [0.2, 0.25) is 0 Å². The molecule has 0 amide bonds. The van der Waals surface area contributed by atoms with E-state index in [1.165, 1.54) is 5.56 Å². The maximum absolute atomic E-state index is 11.0. The van der Waals surface area contributed by atoms with Gasteiger partial charge in [0.25, 0.3) is 0 Å². The molecule has 2 aliphatic heterocycles. The van der Waals surface area contributed by atoms with Crippen LogP contribution in [-0.2, 0) is 16.8 Å². The van der Waals surface area contributed by atoms with Gasteiger partial charge in [-0.25, -0.2) is 0 Å². The van der Waals surface area contributed by atoms with E-state index in [0.717, 1.165) is 24.3 Å². The topological polar surface area (TPSA) is 38.7 Å². The van der Waals surface area contributed by atoms with E-state index in [9.17, 15) is 5.11 Å². The third kappa shape index (κ3) is 2.37. The first-order valence-electron chi connectivity index (χ1n) is 7.19. The van der Waals surface area contributed by atoms with Gasteiger partial charge < -0.3 is 14.6 Å². The summed E-state index contributed by atoms with van der Waals surface area (Å²) in [5.41, 5.74) is 1.49. The van der Waals surface area contributed by atoms with Crippen molar-refractivity contribution in [1.29, 1.82) is 0 Å². The van der Waals surface area contributed by atoms with Gasteiger partial charge >= 0.3 is 0 Å². The predicted molar refractivity (Wildman–Crippen MR) is 73.3 cm³/mol. The van der Waals surface area contributed by atoms with E-state index in [1.807, 2.05) is 12.1 Å². The molecule has 1 aromatic rings. The Bertz CT molecular complexity index is 469. The highest BCUT2D eigenvalue weighted by molar-refractivity contribution is 5.41. The smallest absolute Gasteiger partial charge is 0.122 e. The van der Waals surface area contributed by atoms with Gasteiger partial charge in [-0.1, -0.05) is 19.9 Å². The fourth-order valence-electron chi connectivity index (χ4n) is 3.04. The van der Waals surface area contributed by atoms with Gasteiger partial charge in [-0.15, -0.1) is 0 Å². The Kier molecular flexibility index (Phi) is 3.27. The average Bonchev–Trinajstić information content (AvgIpc) is 2.86. The molecule has 3 rings (SSSR count). The highest BCUT2D eigenvalue weighted by atomic mass is 16.5. The quantitative estimate of drug-likeness (QED) is 0.890. The van der Waals surface area contributed by atoms with Crippen molar-refractivity contribution in [2.45, 2.75) is 44.8 Å². The van der Waals surface area contributed by atoms with Gasteiger partial charge in [0.05, 0.1) is 24.9 Å². The second-order valence-electron chi connectivity index (χ2n) is 6.06. The fourth-order valence-corrected chi connectivity index (χ4v) is 3.04. The zero-order chi connectivity index (χ0) is 13.5. The van der Waals surface area contributed by atoms with Gasteiger partial charge in [-0.05, 0) is 29.2 Å². The molecule has 0 spiro atoms. The third-order valence-electron chi connectivity index (χ3n) is 4.36. The standard InChI is InChI=1S/C16H22O3/c1-11(2)15-10-16(17,6-8-19-15)13-3-4-14-12(9-13)5-7-18-14/h3-4,9,11,15,17H,5-8,10H2,1-2H3. The summed E-state index contributed by atoms with van der Waals surface area (Å²) in [6, 6.07) is 6.12. The monoisotopic (exact) mass is 262 g/mol. The molecule has 1 N–H and O–H groups in total. The molecular formula is C16H22O3. The molecule has 3 nitrogen and oxygen atoms in total. The second-order valence-corrected chi connectivity index (χ2v) is 6.06. The lowest BCUT2D eigenvalue weighted by molar-refractivity contribution is -0.121. The van der Waals surface area contributed by atoms with E-state index >= 15 is 0 Å².